The molecule has 0 N–H and O–H groups in total. The molecule has 0 amide bonds. The zero-order valence-electron chi connectivity index (χ0n) is 12.1. The minimum absolute atomic E-state index is 0.116. The van der Waals surface area contributed by atoms with Gasteiger partial charge >= 0.3 is 0 Å². The number of hydrogen-bond donors (Lipinski definition) is 0. The highest BCUT2D eigenvalue weighted by Gasteiger charge is 2.23. The fourth-order valence-corrected chi connectivity index (χ4v) is 2.27. The van der Waals surface area contributed by atoms with Gasteiger partial charge in [-0.1, -0.05) is 54.6 Å². The van der Waals surface area contributed by atoms with Crippen LogP contribution in [0.1, 0.15) is 46.5 Å². The van der Waals surface area contributed by atoms with Crippen molar-refractivity contribution in [2.75, 3.05) is 0 Å². The van der Waals surface area contributed by atoms with Crippen molar-refractivity contribution in [3.8, 4) is 0 Å². The topological polar surface area (TPSA) is 34.1 Å². The van der Waals surface area contributed by atoms with E-state index in [2.05, 4.69) is 0 Å². The molecule has 0 bridgehead atoms. The summed E-state index contributed by atoms with van der Waals surface area (Å²) in [6.45, 7) is 3.57. The maximum atomic E-state index is 12.6. The molecule has 0 fully saturated rings. The second kappa shape index (κ2) is 6.23. The molecule has 2 rings (SSSR count). The molecule has 2 nitrogen and oxygen atoms in total. The average Bonchev–Trinajstić information content (AvgIpc) is 2.45. The van der Waals surface area contributed by atoms with Crippen LogP contribution in [0.3, 0.4) is 0 Å². The number of ketones is 2. The first-order valence-electron chi connectivity index (χ1n) is 6.79. The van der Waals surface area contributed by atoms with Crippen molar-refractivity contribution < 1.29 is 9.59 Å². The van der Waals surface area contributed by atoms with Crippen molar-refractivity contribution in [1.82, 2.24) is 0 Å². The number of halogens is 1. The third kappa shape index (κ3) is 4.02. The van der Waals surface area contributed by atoms with E-state index in [0.717, 1.165) is 0 Å². The summed E-state index contributed by atoms with van der Waals surface area (Å²) in [7, 11) is 0. The quantitative estimate of drug-likeness (QED) is 0.601. The molecule has 0 spiro atoms. The van der Waals surface area contributed by atoms with Gasteiger partial charge in [0.1, 0.15) is 0 Å². The van der Waals surface area contributed by atoms with E-state index >= 15 is 0 Å². The fraction of sp³-hybridized carbons (Fsp3) is 0.222. The van der Waals surface area contributed by atoms with Gasteiger partial charge in [0.25, 0.3) is 0 Å². The van der Waals surface area contributed by atoms with Crippen LogP contribution in [0, 0.1) is 0 Å². The Morgan fingerprint density at radius 2 is 1.43 bits per heavy atom. The van der Waals surface area contributed by atoms with Crippen LogP contribution in [-0.4, -0.2) is 16.4 Å². The van der Waals surface area contributed by atoms with Gasteiger partial charge in [0.2, 0.25) is 0 Å². The molecular formula is C18H17ClO2. The number of carbonyl (C=O) groups excluding carboxylic acids is 2. The van der Waals surface area contributed by atoms with Gasteiger partial charge in [-0.2, -0.15) is 0 Å². The number of benzene rings is 2. The van der Waals surface area contributed by atoms with Crippen molar-refractivity contribution in [2.45, 2.75) is 25.1 Å². The highest BCUT2D eigenvalue weighted by molar-refractivity contribution is 6.25. The Morgan fingerprint density at radius 3 is 2.00 bits per heavy atom. The number of hydrogen-bond acceptors (Lipinski definition) is 2. The lowest BCUT2D eigenvalue weighted by atomic mass is 9.92. The summed E-state index contributed by atoms with van der Waals surface area (Å²) in [4.78, 5) is 24.3. The maximum absolute atomic E-state index is 12.6. The van der Waals surface area contributed by atoms with Crippen LogP contribution in [-0.2, 0) is 0 Å². The van der Waals surface area contributed by atoms with Gasteiger partial charge in [-0.05, 0) is 13.8 Å². The molecule has 0 saturated heterocycles. The molecule has 2 aromatic carbocycles. The molecule has 2 aromatic rings. The summed E-state index contributed by atoms with van der Waals surface area (Å²) in [6.07, 6.45) is 0.188. The predicted molar refractivity (Wildman–Crippen MR) is 85.2 cm³/mol. The molecule has 3 heteroatoms. The summed E-state index contributed by atoms with van der Waals surface area (Å²) in [5, 5.41) is 0. The Morgan fingerprint density at radius 1 is 0.905 bits per heavy atom. The fourth-order valence-electron chi connectivity index (χ4n) is 2.15. The van der Waals surface area contributed by atoms with Gasteiger partial charge in [0.05, 0.1) is 0 Å². The van der Waals surface area contributed by atoms with Crippen molar-refractivity contribution in [1.29, 1.82) is 0 Å². The third-order valence-corrected chi connectivity index (χ3v) is 3.22. The Bertz CT molecular complexity index is 654. The molecule has 0 aliphatic heterocycles. The molecule has 0 radical (unpaired) electrons. The SMILES string of the molecule is CC(C)(Cl)CC(=O)c1ccccc1C(=O)c1ccccc1. The van der Waals surface area contributed by atoms with Crippen molar-refractivity contribution in [3.05, 3.63) is 71.3 Å². The largest absolute Gasteiger partial charge is 0.294 e. The number of Topliss-reactive ketones (excluding diaryl/α,β-unsaturated/α-hetero) is 1. The van der Waals surface area contributed by atoms with Crippen LogP contribution in [0.4, 0.5) is 0 Å². The maximum Gasteiger partial charge on any atom is 0.193 e. The van der Waals surface area contributed by atoms with Gasteiger partial charge in [0.15, 0.2) is 11.6 Å². The van der Waals surface area contributed by atoms with Crippen LogP contribution in [0.2, 0.25) is 0 Å². The third-order valence-electron chi connectivity index (χ3n) is 3.09. The van der Waals surface area contributed by atoms with E-state index in [4.69, 9.17) is 11.6 Å². The number of rotatable bonds is 5. The van der Waals surface area contributed by atoms with Crippen LogP contribution < -0.4 is 0 Å². The smallest absolute Gasteiger partial charge is 0.193 e. The van der Waals surface area contributed by atoms with Gasteiger partial charge in [-0.15, -0.1) is 11.6 Å². The highest BCUT2D eigenvalue weighted by Crippen LogP contribution is 2.23. The Balaban J connectivity index is 2.38. The first-order valence-corrected chi connectivity index (χ1v) is 7.17. The van der Waals surface area contributed by atoms with E-state index in [9.17, 15) is 9.59 Å². The van der Waals surface area contributed by atoms with E-state index in [0.29, 0.717) is 16.7 Å². The van der Waals surface area contributed by atoms with Crippen molar-refractivity contribution >= 4 is 23.2 Å². The summed E-state index contributed by atoms with van der Waals surface area (Å²) >= 11 is 6.12. The molecule has 0 saturated carbocycles. The standard InChI is InChI=1S/C18H17ClO2/c1-18(2,19)12-16(20)14-10-6-7-11-15(14)17(21)13-8-4-3-5-9-13/h3-11H,12H2,1-2H3. The molecular weight excluding hydrogens is 284 g/mol. The second-order valence-corrected chi connectivity index (χ2v) is 6.58. The molecule has 0 unspecified atom stereocenters. The van der Waals surface area contributed by atoms with E-state index in [-0.39, 0.29) is 18.0 Å². The van der Waals surface area contributed by atoms with Crippen LogP contribution >= 0.6 is 11.6 Å². The Kier molecular flexibility index (Phi) is 4.59. The molecule has 108 valence electrons. The summed E-state index contributed by atoms with van der Waals surface area (Å²) < 4.78 is 0. The van der Waals surface area contributed by atoms with Crippen LogP contribution in [0.15, 0.2) is 54.6 Å². The lowest BCUT2D eigenvalue weighted by Crippen LogP contribution is -2.19. The van der Waals surface area contributed by atoms with Gasteiger partial charge in [-0.25, -0.2) is 0 Å². The molecule has 0 aromatic heterocycles. The second-order valence-electron chi connectivity index (χ2n) is 5.56. The first-order chi connectivity index (χ1) is 9.88. The minimum atomic E-state index is -0.625. The van der Waals surface area contributed by atoms with Crippen molar-refractivity contribution in [3.63, 3.8) is 0 Å². The summed E-state index contributed by atoms with van der Waals surface area (Å²) in [5.41, 5.74) is 1.43. The number of carbonyl (C=O) groups is 2. The molecule has 0 atom stereocenters. The van der Waals surface area contributed by atoms with Crippen LogP contribution in [0.25, 0.3) is 0 Å². The van der Waals surface area contributed by atoms with E-state index in [1.165, 1.54) is 0 Å². The molecule has 0 aliphatic rings. The zero-order chi connectivity index (χ0) is 15.5. The zero-order valence-corrected chi connectivity index (χ0v) is 12.9. The molecule has 21 heavy (non-hydrogen) atoms. The Labute approximate surface area is 129 Å². The minimum Gasteiger partial charge on any atom is -0.294 e. The highest BCUT2D eigenvalue weighted by atomic mass is 35.5. The van der Waals surface area contributed by atoms with Crippen LogP contribution in [0.5, 0.6) is 0 Å². The molecule has 0 aliphatic carbocycles. The monoisotopic (exact) mass is 300 g/mol. The first kappa shape index (κ1) is 15.5. The van der Waals surface area contributed by atoms with Gasteiger partial charge < -0.3 is 0 Å². The summed E-state index contributed by atoms with van der Waals surface area (Å²) in [6, 6.07) is 15.8. The number of alkyl halides is 1. The van der Waals surface area contributed by atoms with E-state index in [1.54, 1.807) is 62.4 Å². The molecule has 0 heterocycles. The van der Waals surface area contributed by atoms with Crippen molar-refractivity contribution in [2.24, 2.45) is 0 Å². The lowest BCUT2D eigenvalue weighted by Gasteiger charge is -2.15. The normalized spacial score (nSPS) is 11.2. The van der Waals surface area contributed by atoms with E-state index < -0.39 is 4.87 Å². The average molecular weight is 301 g/mol. The van der Waals surface area contributed by atoms with Gasteiger partial charge in [-0.3, -0.25) is 9.59 Å². The Hall–Kier alpha value is -1.93. The van der Waals surface area contributed by atoms with E-state index in [1.807, 2.05) is 6.07 Å². The lowest BCUT2D eigenvalue weighted by molar-refractivity contribution is 0.0959. The van der Waals surface area contributed by atoms with Gasteiger partial charge in [0, 0.05) is 28.0 Å². The predicted octanol–water partition coefficient (Wildman–Crippen LogP) is 4.51. The summed E-state index contributed by atoms with van der Waals surface area (Å²) in [5.74, 6) is -0.262.